The summed E-state index contributed by atoms with van der Waals surface area (Å²) >= 11 is 7.27. The molecule has 6 heteroatoms. The standard InChI is InChI=1S/C7H3BrClF3O/c8-4-2-1-3-5(6(4)10)13-7(9,11)12/h1-3H. The maximum Gasteiger partial charge on any atom is 0.487 e. The third-order valence-electron chi connectivity index (χ3n) is 1.14. The van der Waals surface area contributed by atoms with Crippen molar-refractivity contribution in [2.24, 2.45) is 0 Å². The summed E-state index contributed by atoms with van der Waals surface area (Å²) in [5.41, 5.74) is -3.90. The van der Waals surface area contributed by atoms with Crippen molar-refractivity contribution in [3.63, 3.8) is 0 Å². The van der Waals surface area contributed by atoms with E-state index in [0.29, 0.717) is 0 Å². The van der Waals surface area contributed by atoms with Crippen LogP contribution in [0.5, 0.6) is 5.75 Å². The average molecular weight is 275 g/mol. The van der Waals surface area contributed by atoms with Crippen LogP contribution in [0.3, 0.4) is 0 Å². The fraction of sp³-hybridized carbons (Fsp3) is 0.143. The van der Waals surface area contributed by atoms with Crippen LogP contribution >= 0.6 is 27.5 Å². The highest BCUT2D eigenvalue weighted by Gasteiger charge is 2.29. The van der Waals surface area contributed by atoms with Crippen molar-refractivity contribution in [2.75, 3.05) is 0 Å². The van der Waals surface area contributed by atoms with Crippen LogP contribution in [0, 0.1) is 5.82 Å². The minimum absolute atomic E-state index is 0.0333. The SMILES string of the molecule is Fc1c(Br)cccc1OC(F)(F)Cl. The molecule has 0 saturated carbocycles. The lowest BCUT2D eigenvalue weighted by atomic mass is 10.3. The van der Waals surface area contributed by atoms with Crippen molar-refractivity contribution < 1.29 is 17.9 Å². The number of benzene rings is 1. The van der Waals surface area contributed by atoms with Crippen LogP contribution in [-0.4, -0.2) is 5.57 Å². The molecule has 0 fully saturated rings. The Kier molecular flexibility index (Phi) is 3.08. The van der Waals surface area contributed by atoms with Gasteiger partial charge in [0.2, 0.25) is 0 Å². The molecule has 0 aliphatic heterocycles. The number of halogens is 5. The van der Waals surface area contributed by atoms with Crippen molar-refractivity contribution in [3.05, 3.63) is 28.5 Å². The first-order valence-corrected chi connectivity index (χ1v) is 4.27. The molecule has 13 heavy (non-hydrogen) atoms. The summed E-state index contributed by atoms with van der Waals surface area (Å²) in [6, 6.07) is 3.76. The van der Waals surface area contributed by atoms with Gasteiger partial charge in [0.05, 0.1) is 4.47 Å². The largest absolute Gasteiger partial charge is 0.487 e. The molecular weight excluding hydrogens is 272 g/mol. The number of rotatable bonds is 2. The van der Waals surface area contributed by atoms with Gasteiger partial charge in [-0.25, -0.2) is 4.39 Å². The van der Waals surface area contributed by atoms with E-state index in [1.807, 2.05) is 0 Å². The molecule has 1 rings (SSSR count). The maximum atomic E-state index is 13.0. The molecule has 0 aliphatic rings. The summed E-state index contributed by atoms with van der Waals surface area (Å²) < 4.78 is 41.0. The molecule has 1 aromatic rings. The first-order valence-electron chi connectivity index (χ1n) is 3.10. The Morgan fingerprint density at radius 3 is 2.54 bits per heavy atom. The van der Waals surface area contributed by atoms with E-state index in [1.165, 1.54) is 12.1 Å². The molecule has 0 radical (unpaired) electrons. The summed E-state index contributed by atoms with van der Waals surface area (Å²) in [4.78, 5) is 0. The molecular formula is C7H3BrClF3O. The van der Waals surface area contributed by atoms with Crippen LogP contribution < -0.4 is 4.74 Å². The van der Waals surface area contributed by atoms with Crippen LogP contribution in [0.15, 0.2) is 22.7 Å². The number of ether oxygens (including phenoxy) is 1. The van der Waals surface area contributed by atoms with Crippen molar-refractivity contribution in [2.45, 2.75) is 5.57 Å². The summed E-state index contributed by atoms with van der Waals surface area (Å²) in [7, 11) is 0. The Balaban J connectivity index is 2.96. The highest BCUT2D eigenvalue weighted by atomic mass is 79.9. The van der Waals surface area contributed by atoms with E-state index in [4.69, 9.17) is 0 Å². The molecule has 0 saturated heterocycles. The van der Waals surface area contributed by atoms with Gasteiger partial charge in [-0.1, -0.05) is 6.07 Å². The van der Waals surface area contributed by atoms with Crippen LogP contribution in [0.25, 0.3) is 0 Å². The fourth-order valence-electron chi connectivity index (χ4n) is 0.688. The lowest BCUT2D eigenvalue weighted by Gasteiger charge is -2.11. The Morgan fingerprint density at radius 2 is 2.00 bits per heavy atom. The van der Waals surface area contributed by atoms with Gasteiger partial charge in [0.25, 0.3) is 0 Å². The van der Waals surface area contributed by atoms with E-state index < -0.39 is 17.1 Å². The first kappa shape index (κ1) is 10.7. The Bertz CT molecular complexity index is 313. The van der Waals surface area contributed by atoms with E-state index >= 15 is 0 Å². The maximum absolute atomic E-state index is 13.0. The van der Waals surface area contributed by atoms with Crippen LogP contribution in [0.4, 0.5) is 13.2 Å². The zero-order valence-electron chi connectivity index (χ0n) is 6.03. The molecule has 0 spiro atoms. The van der Waals surface area contributed by atoms with Crippen LogP contribution in [-0.2, 0) is 0 Å². The molecule has 0 bridgehead atoms. The zero-order chi connectivity index (χ0) is 10.1. The number of hydrogen-bond donors (Lipinski definition) is 0. The highest BCUT2D eigenvalue weighted by Crippen LogP contribution is 2.30. The predicted octanol–water partition coefficient (Wildman–Crippen LogP) is 3.76. The number of hydrogen-bond acceptors (Lipinski definition) is 1. The van der Waals surface area contributed by atoms with Gasteiger partial charge in [-0.3, -0.25) is 0 Å². The van der Waals surface area contributed by atoms with E-state index in [9.17, 15) is 13.2 Å². The minimum Gasteiger partial charge on any atom is -0.417 e. The molecule has 72 valence electrons. The smallest absolute Gasteiger partial charge is 0.417 e. The first-order chi connectivity index (χ1) is 5.90. The second-order valence-corrected chi connectivity index (χ2v) is 3.39. The molecule has 1 aromatic carbocycles. The van der Waals surface area contributed by atoms with Gasteiger partial charge in [-0.2, -0.15) is 0 Å². The topological polar surface area (TPSA) is 9.23 Å². The summed E-state index contributed by atoms with van der Waals surface area (Å²) in [6.45, 7) is 0. The summed E-state index contributed by atoms with van der Waals surface area (Å²) in [6.07, 6.45) is 0. The molecule has 0 N–H and O–H groups in total. The Morgan fingerprint density at radius 1 is 1.38 bits per heavy atom. The zero-order valence-corrected chi connectivity index (χ0v) is 8.37. The van der Waals surface area contributed by atoms with Crippen molar-refractivity contribution in [1.82, 2.24) is 0 Å². The van der Waals surface area contributed by atoms with Crippen LogP contribution in [0.2, 0.25) is 0 Å². The highest BCUT2D eigenvalue weighted by molar-refractivity contribution is 9.10. The molecule has 0 unspecified atom stereocenters. The van der Waals surface area contributed by atoms with Gasteiger partial charge < -0.3 is 4.74 Å². The van der Waals surface area contributed by atoms with Gasteiger partial charge in [-0.05, 0) is 28.1 Å². The summed E-state index contributed by atoms with van der Waals surface area (Å²) in [5, 5.41) is 0. The third-order valence-corrected chi connectivity index (χ3v) is 1.83. The monoisotopic (exact) mass is 274 g/mol. The van der Waals surface area contributed by atoms with Gasteiger partial charge in [0.15, 0.2) is 11.6 Å². The normalized spacial score (nSPS) is 11.5. The van der Waals surface area contributed by atoms with E-state index in [2.05, 4.69) is 32.3 Å². The summed E-state index contributed by atoms with van der Waals surface area (Å²) in [5.74, 6) is -1.52. The van der Waals surface area contributed by atoms with Crippen molar-refractivity contribution in [3.8, 4) is 5.75 Å². The molecule has 0 aromatic heterocycles. The van der Waals surface area contributed by atoms with Gasteiger partial charge in [0.1, 0.15) is 0 Å². The lowest BCUT2D eigenvalue weighted by Crippen LogP contribution is -2.16. The number of alkyl halides is 3. The minimum atomic E-state index is -3.90. The average Bonchev–Trinajstić information content (AvgIpc) is 1.96. The third kappa shape index (κ3) is 3.08. The quantitative estimate of drug-likeness (QED) is 0.747. The Hall–Kier alpha value is -0.420. The van der Waals surface area contributed by atoms with Gasteiger partial charge in [0, 0.05) is 11.6 Å². The predicted molar refractivity (Wildman–Crippen MR) is 45.5 cm³/mol. The molecule has 0 atom stereocenters. The van der Waals surface area contributed by atoms with Crippen LogP contribution in [0.1, 0.15) is 0 Å². The lowest BCUT2D eigenvalue weighted by molar-refractivity contribution is -0.0985. The fourth-order valence-corrected chi connectivity index (χ4v) is 1.12. The van der Waals surface area contributed by atoms with E-state index in [0.717, 1.165) is 6.07 Å². The second kappa shape index (κ2) is 3.75. The van der Waals surface area contributed by atoms with Crippen molar-refractivity contribution in [1.29, 1.82) is 0 Å². The van der Waals surface area contributed by atoms with E-state index in [1.54, 1.807) is 0 Å². The molecule has 0 aliphatic carbocycles. The molecule has 0 amide bonds. The van der Waals surface area contributed by atoms with E-state index in [-0.39, 0.29) is 4.47 Å². The van der Waals surface area contributed by atoms with Crippen molar-refractivity contribution >= 4 is 27.5 Å². The van der Waals surface area contributed by atoms with Gasteiger partial charge in [-0.15, -0.1) is 8.78 Å². The molecule has 0 heterocycles. The molecule has 1 nitrogen and oxygen atoms in total. The van der Waals surface area contributed by atoms with Gasteiger partial charge >= 0.3 is 5.57 Å². The Labute approximate surface area is 85.6 Å². The second-order valence-electron chi connectivity index (χ2n) is 2.10.